The van der Waals surface area contributed by atoms with Gasteiger partial charge in [-0.2, -0.15) is 11.8 Å². The predicted molar refractivity (Wildman–Crippen MR) is 59.9 cm³/mol. The summed E-state index contributed by atoms with van der Waals surface area (Å²) in [7, 11) is 0. The molecule has 0 aromatic rings. The average molecular weight is 189 g/mol. The second kappa shape index (κ2) is 6.79. The molecular weight excluding hydrogens is 166 g/mol. The summed E-state index contributed by atoms with van der Waals surface area (Å²) in [6, 6.07) is 0. The van der Waals surface area contributed by atoms with Crippen LogP contribution in [-0.4, -0.2) is 24.6 Å². The zero-order valence-corrected chi connectivity index (χ0v) is 9.76. The van der Waals surface area contributed by atoms with Crippen molar-refractivity contribution in [1.29, 1.82) is 0 Å². The first-order valence-corrected chi connectivity index (χ1v) is 6.06. The lowest BCUT2D eigenvalue weighted by molar-refractivity contribution is 0.335. The van der Waals surface area contributed by atoms with Crippen molar-refractivity contribution < 1.29 is 0 Å². The number of thioether (sulfide) groups is 1. The van der Waals surface area contributed by atoms with E-state index in [4.69, 9.17) is 0 Å². The lowest BCUT2D eigenvalue weighted by atomic mass is 9.90. The van der Waals surface area contributed by atoms with Gasteiger partial charge in [-0.3, -0.25) is 0 Å². The van der Waals surface area contributed by atoms with Crippen LogP contribution in [0.25, 0.3) is 0 Å². The van der Waals surface area contributed by atoms with E-state index in [-0.39, 0.29) is 0 Å². The Kier molecular flexibility index (Phi) is 6.96. The summed E-state index contributed by atoms with van der Waals surface area (Å²) in [5, 5.41) is 3.41. The molecule has 0 amide bonds. The highest BCUT2D eigenvalue weighted by Crippen LogP contribution is 2.21. The fourth-order valence-corrected chi connectivity index (χ4v) is 2.03. The molecule has 0 aromatic heterocycles. The van der Waals surface area contributed by atoms with Gasteiger partial charge in [0, 0.05) is 6.54 Å². The van der Waals surface area contributed by atoms with Gasteiger partial charge in [0.2, 0.25) is 0 Å². The zero-order chi connectivity index (χ0) is 9.45. The van der Waals surface area contributed by atoms with Crippen LogP contribution in [0.3, 0.4) is 0 Å². The van der Waals surface area contributed by atoms with Crippen molar-refractivity contribution in [3.05, 3.63) is 0 Å². The SMILES string of the molecule is CCNCC(C)(C)CCSCC. The van der Waals surface area contributed by atoms with E-state index in [0.717, 1.165) is 13.1 Å². The number of hydrogen-bond acceptors (Lipinski definition) is 2. The van der Waals surface area contributed by atoms with E-state index in [0.29, 0.717) is 5.41 Å². The van der Waals surface area contributed by atoms with E-state index in [2.05, 4.69) is 33.0 Å². The largest absolute Gasteiger partial charge is 0.316 e. The molecule has 0 aliphatic heterocycles. The molecule has 0 unspecified atom stereocenters. The highest BCUT2D eigenvalue weighted by molar-refractivity contribution is 7.99. The van der Waals surface area contributed by atoms with Crippen molar-refractivity contribution in [2.45, 2.75) is 34.1 Å². The van der Waals surface area contributed by atoms with Crippen molar-refractivity contribution >= 4 is 11.8 Å². The Balaban J connectivity index is 3.42. The van der Waals surface area contributed by atoms with Gasteiger partial charge in [0.05, 0.1) is 0 Å². The Labute approximate surface area is 81.7 Å². The maximum atomic E-state index is 3.41. The highest BCUT2D eigenvalue weighted by atomic mass is 32.2. The summed E-state index contributed by atoms with van der Waals surface area (Å²) in [5.41, 5.74) is 0.470. The summed E-state index contributed by atoms with van der Waals surface area (Å²) >= 11 is 2.04. The van der Waals surface area contributed by atoms with Gasteiger partial charge in [0.15, 0.2) is 0 Å². The van der Waals surface area contributed by atoms with Gasteiger partial charge in [-0.1, -0.05) is 27.7 Å². The molecule has 0 atom stereocenters. The normalized spacial score (nSPS) is 12.0. The molecule has 0 bridgehead atoms. The summed E-state index contributed by atoms with van der Waals surface area (Å²) in [6.45, 7) is 11.3. The van der Waals surface area contributed by atoms with Crippen LogP contribution in [-0.2, 0) is 0 Å². The van der Waals surface area contributed by atoms with Gasteiger partial charge in [0.25, 0.3) is 0 Å². The van der Waals surface area contributed by atoms with Crippen LogP contribution in [0.1, 0.15) is 34.1 Å². The molecule has 2 heteroatoms. The molecule has 74 valence electrons. The molecule has 0 heterocycles. The van der Waals surface area contributed by atoms with E-state index in [9.17, 15) is 0 Å². The molecule has 0 saturated carbocycles. The van der Waals surface area contributed by atoms with E-state index in [1.807, 2.05) is 11.8 Å². The molecule has 1 nitrogen and oxygen atoms in total. The van der Waals surface area contributed by atoms with Crippen LogP contribution in [0.5, 0.6) is 0 Å². The number of nitrogens with one attached hydrogen (secondary N) is 1. The van der Waals surface area contributed by atoms with Crippen molar-refractivity contribution in [2.75, 3.05) is 24.6 Å². The molecule has 0 radical (unpaired) electrons. The maximum Gasteiger partial charge on any atom is 0.000270 e. The van der Waals surface area contributed by atoms with Crippen molar-refractivity contribution in [3.63, 3.8) is 0 Å². The van der Waals surface area contributed by atoms with Crippen LogP contribution < -0.4 is 5.32 Å². The number of rotatable bonds is 7. The molecule has 0 aliphatic carbocycles. The Hall–Kier alpha value is 0.310. The fraction of sp³-hybridized carbons (Fsp3) is 1.00. The van der Waals surface area contributed by atoms with E-state index < -0.39 is 0 Å². The van der Waals surface area contributed by atoms with Crippen molar-refractivity contribution in [2.24, 2.45) is 5.41 Å². The van der Waals surface area contributed by atoms with Crippen LogP contribution in [0.4, 0.5) is 0 Å². The molecule has 0 saturated heterocycles. The minimum Gasteiger partial charge on any atom is -0.316 e. The minimum absolute atomic E-state index is 0.470. The van der Waals surface area contributed by atoms with Crippen LogP contribution in [0, 0.1) is 5.41 Å². The Morgan fingerprint density at radius 3 is 2.42 bits per heavy atom. The molecule has 12 heavy (non-hydrogen) atoms. The molecule has 1 N–H and O–H groups in total. The predicted octanol–water partition coefficient (Wildman–Crippen LogP) is 2.77. The molecule has 0 rings (SSSR count). The molecule has 0 spiro atoms. The van der Waals surface area contributed by atoms with E-state index >= 15 is 0 Å². The third-order valence-corrected chi connectivity index (χ3v) is 2.88. The molecule has 0 aliphatic rings. The first kappa shape index (κ1) is 12.3. The smallest absolute Gasteiger partial charge is 0.000270 e. The van der Waals surface area contributed by atoms with Gasteiger partial charge in [0.1, 0.15) is 0 Å². The van der Waals surface area contributed by atoms with Crippen molar-refractivity contribution in [1.82, 2.24) is 5.32 Å². The second-order valence-corrected chi connectivity index (χ2v) is 5.29. The van der Waals surface area contributed by atoms with Crippen LogP contribution in [0.2, 0.25) is 0 Å². The fourth-order valence-electron chi connectivity index (χ4n) is 1.04. The highest BCUT2D eigenvalue weighted by Gasteiger charge is 2.15. The molecular formula is C10H23NS. The zero-order valence-electron chi connectivity index (χ0n) is 8.94. The Bertz CT molecular complexity index is 102. The summed E-state index contributed by atoms with van der Waals surface area (Å²) in [6.07, 6.45) is 1.32. The average Bonchev–Trinajstić information content (AvgIpc) is 2.01. The van der Waals surface area contributed by atoms with Gasteiger partial charge in [-0.25, -0.2) is 0 Å². The van der Waals surface area contributed by atoms with Gasteiger partial charge in [-0.15, -0.1) is 0 Å². The summed E-state index contributed by atoms with van der Waals surface area (Å²) < 4.78 is 0. The van der Waals surface area contributed by atoms with Gasteiger partial charge in [-0.05, 0) is 29.9 Å². The van der Waals surface area contributed by atoms with E-state index in [1.54, 1.807) is 0 Å². The standard InChI is InChI=1S/C10H23NS/c1-5-11-9-10(3,4)7-8-12-6-2/h11H,5-9H2,1-4H3. The van der Waals surface area contributed by atoms with Crippen molar-refractivity contribution in [3.8, 4) is 0 Å². The monoisotopic (exact) mass is 189 g/mol. The van der Waals surface area contributed by atoms with Gasteiger partial charge >= 0.3 is 0 Å². The quantitative estimate of drug-likeness (QED) is 0.618. The maximum absolute atomic E-state index is 3.41. The van der Waals surface area contributed by atoms with Crippen LogP contribution >= 0.6 is 11.8 Å². The third kappa shape index (κ3) is 6.99. The Morgan fingerprint density at radius 2 is 1.92 bits per heavy atom. The number of hydrogen-bond donors (Lipinski definition) is 1. The lowest BCUT2D eigenvalue weighted by Gasteiger charge is -2.24. The van der Waals surface area contributed by atoms with Crippen LogP contribution in [0.15, 0.2) is 0 Å². The lowest BCUT2D eigenvalue weighted by Crippen LogP contribution is -2.29. The summed E-state index contributed by atoms with van der Waals surface area (Å²) in [4.78, 5) is 0. The minimum atomic E-state index is 0.470. The Morgan fingerprint density at radius 1 is 1.25 bits per heavy atom. The molecule has 0 aromatic carbocycles. The topological polar surface area (TPSA) is 12.0 Å². The van der Waals surface area contributed by atoms with Gasteiger partial charge < -0.3 is 5.32 Å². The molecule has 0 fully saturated rings. The first-order chi connectivity index (χ1) is 5.62. The third-order valence-electron chi connectivity index (χ3n) is 1.98. The van der Waals surface area contributed by atoms with E-state index in [1.165, 1.54) is 17.9 Å². The first-order valence-electron chi connectivity index (χ1n) is 4.91. The summed E-state index contributed by atoms with van der Waals surface area (Å²) in [5.74, 6) is 2.55. The second-order valence-electron chi connectivity index (χ2n) is 3.89.